The van der Waals surface area contributed by atoms with Gasteiger partial charge in [0.05, 0.1) is 0 Å². The normalized spacial score (nSPS) is 20.5. The fraction of sp³-hybridized carbons (Fsp3) is 0.538. The zero-order valence-corrected chi connectivity index (χ0v) is 12.3. The first-order valence-electron chi connectivity index (χ1n) is 6.24. The number of hydrogen-bond acceptors (Lipinski definition) is 4. The standard InChI is InChI=1S/C13H19N3S2/c1-18-11-3-2-7-16(8-5-11)12-9-10(13(14)17)4-6-15-12/h4,6,9,11H,2-3,5,7-8H2,1H3,(H2,14,17). The van der Waals surface area contributed by atoms with E-state index in [1.165, 1.54) is 19.3 Å². The van der Waals surface area contributed by atoms with Crippen LogP contribution in [-0.2, 0) is 0 Å². The highest BCUT2D eigenvalue weighted by atomic mass is 32.2. The van der Waals surface area contributed by atoms with E-state index in [1.54, 1.807) is 6.20 Å². The van der Waals surface area contributed by atoms with Crippen LogP contribution in [-0.4, -0.2) is 34.6 Å². The Labute approximate surface area is 118 Å². The molecular weight excluding hydrogens is 262 g/mol. The second-order valence-electron chi connectivity index (χ2n) is 4.54. The fourth-order valence-electron chi connectivity index (χ4n) is 2.28. The molecule has 0 aromatic carbocycles. The van der Waals surface area contributed by atoms with Gasteiger partial charge in [0.15, 0.2) is 0 Å². The van der Waals surface area contributed by atoms with Crippen molar-refractivity contribution >= 4 is 34.8 Å². The van der Waals surface area contributed by atoms with Crippen LogP contribution in [0.3, 0.4) is 0 Å². The Hall–Kier alpha value is -0.810. The molecule has 1 aromatic rings. The lowest BCUT2D eigenvalue weighted by molar-refractivity contribution is 0.745. The first-order valence-corrected chi connectivity index (χ1v) is 7.94. The summed E-state index contributed by atoms with van der Waals surface area (Å²) in [5, 5.41) is 0.786. The number of nitrogens with zero attached hydrogens (tertiary/aromatic N) is 2. The molecule has 2 N–H and O–H groups in total. The summed E-state index contributed by atoms with van der Waals surface area (Å²) < 4.78 is 0. The Kier molecular flexibility index (Phi) is 4.83. The van der Waals surface area contributed by atoms with Gasteiger partial charge < -0.3 is 10.6 Å². The number of pyridine rings is 1. The molecule has 1 fully saturated rings. The molecule has 2 heterocycles. The van der Waals surface area contributed by atoms with Gasteiger partial charge in [0, 0.05) is 30.1 Å². The number of anilines is 1. The Balaban J connectivity index is 2.11. The minimum Gasteiger partial charge on any atom is -0.389 e. The van der Waals surface area contributed by atoms with Crippen LogP contribution < -0.4 is 10.6 Å². The monoisotopic (exact) mass is 281 g/mol. The lowest BCUT2D eigenvalue weighted by Gasteiger charge is -2.22. The molecule has 0 amide bonds. The number of thiocarbonyl (C=S) groups is 1. The maximum atomic E-state index is 5.67. The van der Waals surface area contributed by atoms with Crippen molar-refractivity contribution < 1.29 is 0 Å². The van der Waals surface area contributed by atoms with Gasteiger partial charge in [-0.05, 0) is 37.7 Å². The van der Waals surface area contributed by atoms with E-state index in [0.29, 0.717) is 4.99 Å². The van der Waals surface area contributed by atoms with Crippen LogP contribution in [0.5, 0.6) is 0 Å². The van der Waals surface area contributed by atoms with E-state index in [0.717, 1.165) is 29.7 Å². The van der Waals surface area contributed by atoms with E-state index in [9.17, 15) is 0 Å². The second kappa shape index (κ2) is 6.38. The third kappa shape index (κ3) is 3.36. The van der Waals surface area contributed by atoms with Crippen LogP contribution >= 0.6 is 24.0 Å². The molecule has 1 aromatic heterocycles. The summed E-state index contributed by atoms with van der Waals surface area (Å²) in [6.45, 7) is 2.14. The third-order valence-corrected chi connectivity index (χ3v) is 4.74. The molecule has 0 bridgehead atoms. The summed E-state index contributed by atoms with van der Waals surface area (Å²) in [6.07, 6.45) is 7.74. The summed E-state index contributed by atoms with van der Waals surface area (Å²) in [5.41, 5.74) is 6.57. The summed E-state index contributed by atoms with van der Waals surface area (Å²) in [4.78, 5) is 7.23. The zero-order valence-electron chi connectivity index (χ0n) is 10.6. The Bertz CT molecular complexity index is 422. The average molecular weight is 281 g/mol. The fourth-order valence-corrected chi connectivity index (χ4v) is 3.15. The first kappa shape index (κ1) is 13.6. The van der Waals surface area contributed by atoms with E-state index >= 15 is 0 Å². The highest BCUT2D eigenvalue weighted by Crippen LogP contribution is 2.24. The maximum absolute atomic E-state index is 5.67. The van der Waals surface area contributed by atoms with Crippen molar-refractivity contribution in [2.75, 3.05) is 24.2 Å². The van der Waals surface area contributed by atoms with Crippen molar-refractivity contribution in [3.05, 3.63) is 23.9 Å². The van der Waals surface area contributed by atoms with Gasteiger partial charge in [-0.25, -0.2) is 4.98 Å². The molecule has 1 unspecified atom stereocenters. The molecule has 1 atom stereocenters. The number of hydrogen-bond donors (Lipinski definition) is 1. The number of aromatic nitrogens is 1. The van der Waals surface area contributed by atoms with Gasteiger partial charge in [0.1, 0.15) is 10.8 Å². The Morgan fingerprint density at radius 2 is 2.33 bits per heavy atom. The van der Waals surface area contributed by atoms with E-state index < -0.39 is 0 Å². The van der Waals surface area contributed by atoms with Crippen LogP contribution in [0, 0.1) is 0 Å². The Morgan fingerprint density at radius 3 is 3.06 bits per heavy atom. The summed E-state index contributed by atoms with van der Waals surface area (Å²) in [7, 11) is 0. The molecule has 1 aliphatic rings. The number of thioether (sulfide) groups is 1. The summed E-state index contributed by atoms with van der Waals surface area (Å²) >= 11 is 6.99. The van der Waals surface area contributed by atoms with Gasteiger partial charge in [-0.15, -0.1) is 0 Å². The van der Waals surface area contributed by atoms with Gasteiger partial charge in [-0.1, -0.05) is 12.2 Å². The molecule has 0 radical (unpaired) electrons. The molecule has 5 heteroatoms. The zero-order chi connectivity index (χ0) is 13.0. The van der Waals surface area contributed by atoms with Crippen molar-refractivity contribution in [1.82, 2.24) is 4.98 Å². The molecule has 0 saturated carbocycles. The second-order valence-corrected chi connectivity index (χ2v) is 6.12. The predicted octanol–water partition coefficient (Wildman–Crippen LogP) is 2.44. The largest absolute Gasteiger partial charge is 0.389 e. The minimum absolute atomic E-state index is 0.440. The third-order valence-electron chi connectivity index (χ3n) is 3.36. The van der Waals surface area contributed by atoms with Crippen molar-refractivity contribution in [3.8, 4) is 0 Å². The molecule has 2 rings (SSSR count). The van der Waals surface area contributed by atoms with E-state index in [4.69, 9.17) is 18.0 Å². The summed E-state index contributed by atoms with van der Waals surface area (Å²) in [5.74, 6) is 1.00. The van der Waals surface area contributed by atoms with Crippen molar-refractivity contribution in [2.24, 2.45) is 5.73 Å². The van der Waals surface area contributed by atoms with Crippen LogP contribution in [0.1, 0.15) is 24.8 Å². The van der Waals surface area contributed by atoms with Crippen LogP contribution in [0.25, 0.3) is 0 Å². The van der Waals surface area contributed by atoms with E-state index in [1.807, 2.05) is 23.9 Å². The van der Waals surface area contributed by atoms with Crippen molar-refractivity contribution in [2.45, 2.75) is 24.5 Å². The average Bonchev–Trinajstić information content (AvgIpc) is 2.64. The van der Waals surface area contributed by atoms with Crippen molar-refractivity contribution in [3.63, 3.8) is 0 Å². The smallest absolute Gasteiger partial charge is 0.129 e. The van der Waals surface area contributed by atoms with Gasteiger partial charge in [0.25, 0.3) is 0 Å². The minimum atomic E-state index is 0.440. The van der Waals surface area contributed by atoms with E-state index in [-0.39, 0.29) is 0 Å². The van der Waals surface area contributed by atoms with Crippen LogP contribution in [0.4, 0.5) is 5.82 Å². The molecule has 0 spiro atoms. The van der Waals surface area contributed by atoms with Crippen LogP contribution in [0.15, 0.2) is 18.3 Å². The van der Waals surface area contributed by atoms with Gasteiger partial charge in [-0.3, -0.25) is 0 Å². The lowest BCUT2D eigenvalue weighted by Crippen LogP contribution is -2.25. The van der Waals surface area contributed by atoms with Crippen LogP contribution in [0.2, 0.25) is 0 Å². The van der Waals surface area contributed by atoms with Gasteiger partial charge >= 0.3 is 0 Å². The number of rotatable bonds is 3. The SMILES string of the molecule is CSC1CCCN(c2cc(C(N)=S)ccn2)CC1. The molecule has 0 aliphatic carbocycles. The summed E-state index contributed by atoms with van der Waals surface area (Å²) in [6, 6.07) is 3.87. The molecule has 1 aliphatic heterocycles. The number of nitrogens with two attached hydrogens (primary N) is 1. The topological polar surface area (TPSA) is 42.1 Å². The highest BCUT2D eigenvalue weighted by molar-refractivity contribution is 7.99. The molecular formula is C13H19N3S2. The molecule has 1 saturated heterocycles. The molecule has 3 nitrogen and oxygen atoms in total. The quantitative estimate of drug-likeness (QED) is 0.862. The van der Waals surface area contributed by atoms with Crippen molar-refractivity contribution in [1.29, 1.82) is 0 Å². The van der Waals surface area contributed by atoms with Gasteiger partial charge in [0.2, 0.25) is 0 Å². The van der Waals surface area contributed by atoms with Gasteiger partial charge in [-0.2, -0.15) is 11.8 Å². The predicted molar refractivity (Wildman–Crippen MR) is 83.5 cm³/mol. The highest BCUT2D eigenvalue weighted by Gasteiger charge is 2.17. The molecule has 98 valence electrons. The van der Waals surface area contributed by atoms with E-state index in [2.05, 4.69) is 16.1 Å². The maximum Gasteiger partial charge on any atom is 0.129 e. The Morgan fingerprint density at radius 1 is 1.50 bits per heavy atom. The molecule has 18 heavy (non-hydrogen) atoms. The lowest BCUT2D eigenvalue weighted by atomic mass is 10.2. The first-order chi connectivity index (χ1) is 8.70.